The van der Waals surface area contributed by atoms with Gasteiger partial charge in [0.15, 0.2) is 0 Å². The maximum Gasteiger partial charge on any atom is 0.127 e. The summed E-state index contributed by atoms with van der Waals surface area (Å²) in [5.74, 6) is 0. The molecule has 0 amide bonds. The highest BCUT2D eigenvalue weighted by Crippen LogP contribution is 1.38. The molecule has 0 heterocycles. The third-order valence-electron chi connectivity index (χ3n) is 1.72. The van der Waals surface area contributed by atoms with Gasteiger partial charge in [-0.3, -0.25) is 0 Å². The van der Waals surface area contributed by atoms with Gasteiger partial charge in [-0.25, -0.2) is 0 Å². The van der Waals surface area contributed by atoms with E-state index in [-0.39, 0.29) is 0 Å². The largest absolute Gasteiger partial charge is 0.344 e. The fourth-order valence-corrected chi connectivity index (χ4v) is 0.906. The summed E-state index contributed by atoms with van der Waals surface area (Å²) in [5, 5.41) is 4.47. The van der Waals surface area contributed by atoms with E-state index in [0.717, 1.165) is 0 Å². The molecule has 0 radical (unpaired) electrons. The van der Waals surface area contributed by atoms with Crippen molar-refractivity contribution in [3.8, 4) is 0 Å². The summed E-state index contributed by atoms with van der Waals surface area (Å²) in [6.07, 6.45) is 0. The van der Waals surface area contributed by atoms with E-state index in [1.165, 1.54) is 26.2 Å². The van der Waals surface area contributed by atoms with Crippen LogP contribution in [0, 0.1) is 0 Å². The van der Waals surface area contributed by atoms with Crippen molar-refractivity contribution < 1.29 is 15.5 Å². The lowest BCUT2D eigenvalue weighted by molar-refractivity contribution is -0.903. The average Bonchev–Trinajstić information content (AvgIpc) is 1.97. The fourth-order valence-electron chi connectivity index (χ4n) is 0.906. The summed E-state index contributed by atoms with van der Waals surface area (Å²) >= 11 is 0. The lowest BCUT2D eigenvalue weighted by Crippen LogP contribution is -3.14. The molecule has 0 aliphatic rings. The van der Waals surface area contributed by atoms with Crippen molar-refractivity contribution in [3.05, 3.63) is 0 Å². The van der Waals surface area contributed by atoms with Gasteiger partial charge in [-0.05, 0) is 0 Å². The van der Waals surface area contributed by atoms with Gasteiger partial charge < -0.3 is 15.5 Å². The van der Waals surface area contributed by atoms with E-state index in [9.17, 15) is 0 Å². The zero-order valence-electron chi connectivity index (χ0n) is 7.48. The first kappa shape index (κ1) is 9.88. The molecular formula is C7H22N3+3. The molecule has 0 unspecified atom stereocenters. The highest BCUT2D eigenvalue weighted by molar-refractivity contribution is 4.20. The van der Waals surface area contributed by atoms with E-state index in [1.807, 2.05) is 0 Å². The van der Waals surface area contributed by atoms with Gasteiger partial charge in [-0.15, -0.1) is 0 Å². The van der Waals surface area contributed by atoms with Crippen molar-refractivity contribution in [2.24, 2.45) is 0 Å². The summed E-state index contributed by atoms with van der Waals surface area (Å²) in [5.41, 5.74) is 0. The van der Waals surface area contributed by atoms with Crippen LogP contribution in [0.5, 0.6) is 0 Å². The highest BCUT2D eigenvalue weighted by Gasteiger charge is 2.00. The summed E-state index contributed by atoms with van der Waals surface area (Å²) in [6.45, 7) is 5.06. The molecule has 0 aromatic rings. The molecule has 3 heteroatoms. The molecule has 0 rings (SSSR count). The molecule has 0 aromatic carbocycles. The Morgan fingerprint density at radius 1 is 1.00 bits per heavy atom. The van der Waals surface area contributed by atoms with E-state index in [0.29, 0.717) is 0 Å². The highest BCUT2D eigenvalue weighted by atomic mass is 15.1. The van der Waals surface area contributed by atoms with Crippen molar-refractivity contribution >= 4 is 0 Å². The zero-order chi connectivity index (χ0) is 7.82. The normalized spacial score (nSPS) is 10.8. The number of rotatable bonds is 6. The molecule has 10 heavy (non-hydrogen) atoms. The standard InChI is InChI=1S/C7H19N3/c1-8-4-6-10(3)7-5-9-2/h8-9H,4-7H2,1-3H3/p+3. The topological polar surface area (TPSA) is 37.7 Å². The van der Waals surface area contributed by atoms with Gasteiger partial charge in [-0.1, -0.05) is 0 Å². The van der Waals surface area contributed by atoms with Crippen LogP contribution in [0.1, 0.15) is 0 Å². The second kappa shape index (κ2) is 6.99. The Balaban J connectivity index is 3.00. The van der Waals surface area contributed by atoms with E-state index in [1.54, 1.807) is 4.90 Å². The summed E-state index contributed by atoms with van der Waals surface area (Å²) in [4.78, 5) is 1.64. The minimum atomic E-state index is 1.25. The third kappa shape index (κ3) is 6.01. The van der Waals surface area contributed by atoms with Crippen molar-refractivity contribution in [2.75, 3.05) is 47.3 Å². The predicted octanol–water partition coefficient (Wildman–Crippen LogP) is -4.11. The molecule has 3 nitrogen and oxygen atoms in total. The third-order valence-corrected chi connectivity index (χ3v) is 1.72. The van der Waals surface area contributed by atoms with Crippen molar-refractivity contribution in [2.45, 2.75) is 0 Å². The number of nitrogens with two attached hydrogens (primary N) is 2. The monoisotopic (exact) mass is 148 g/mol. The number of likely N-dealkylation sites (N-methyl/N-ethyl adjacent to an activating group) is 3. The second-order valence-corrected chi connectivity index (χ2v) is 2.85. The number of hydrogen-bond acceptors (Lipinski definition) is 0. The maximum absolute atomic E-state index is 2.26. The van der Waals surface area contributed by atoms with E-state index in [4.69, 9.17) is 0 Å². The molecule has 0 atom stereocenters. The molecule has 0 aliphatic carbocycles. The lowest BCUT2D eigenvalue weighted by Gasteiger charge is -2.10. The Morgan fingerprint density at radius 2 is 1.40 bits per heavy atom. The quantitative estimate of drug-likeness (QED) is 0.342. The first-order chi connectivity index (χ1) is 4.81. The molecule has 5 N–H and O–H groups in total. The number of quaternary nitrogens is 3. The van der Waals surface area contributed by atoms with Crippen LogP contribution in [0.2, 0.25) is 0 Å². The molecule has 0 fully saturated rings. The Bertz CT molecular complexity index is 57.9. The van der Waals surface area contributed by atoms with Gasteiger partial charge in [0.2, 0.25) is 0 Å². The number of nitrogens with one attached hydrogen (secondary N) is 1. The predicted molar refractivity (Wildman–Crippen MR) is 42.1 cm³/mol. The van der Waals surface area contributed by atoms with Crippen molar-refractivity contribution in [1.29, 1.82) is 0 Å². The van der Waals surface area contributed by atoms with Crippen LogP contribution in [-0.2, 0) is 0 Å². The lowest BCUT2D eigenvalue weighted by atomic mass is 10.5. The SMILES string of the molecule is C[NH2+]CC[NH+](C)CC[NH2+]C. The molecule has 0 spiro atoms. The minimum absolute atomic E-state index is 1.25. The van der Waals surface area contributed by atoms with Gasteiger partial charge in [0, 0.05) is 0 Å². The van der Waals surface area contributed by atoms with Crippen LogP contribution in [0.15, 0.2) is 0 Å². The fraction of sp³-hybridized carbons (Fsp3) is 1.00. The smallest absolute Gasteiger partial charge is 0.127 e. The van der Waals surface area contributed by atoms with Crippen LogP contribution in [-0.4, -0.2) is 47.3 Å². The molecule has 0 aromatic heterocycles. The van der Waals surface area contributed by atoms with Crippen LogP contribution in [0.3, 0.4) is 0 Å². The van der Waals surface area contributed by atoms with Gasteiger partial charge >= 0.3 is 0 Å². The van der Waals surface area contributed by atoms with Crippen LogP contribution in [0.25, 0.3) is 0 Å². The maximum atomic E-state index is 2.26. The summed E-state index contributed by atoms with van der Waals surface area (Å²) in [6, 6.07) is 0. The molecule has 0 saturated heterocycles. The zero-order valence-corrected chi connectivity index (χ0v) is 7.48. The minimum Gasteiger partial charge on any atom is -0.344 e. The summed E-state index contributed by atoms with van der Waals surface area (Å²) in [7, 11) is 6.51. The Morgan fingerprint density at radius 3 is 1.70 bits per heavy atom. The number of hydrogen-bond donors (Lipinski definition) is 3. The Labute approximate surface area is 63.8 Å². The van der Waals surface area contributed by atoms with Crippen molar-refractivity contribution in [3.63, 3.8) is 0 Å². The van der Waals surface area contributed by atoms with Gasteiger partial charge in [0.05, 0.1) is 21.1 Å². The van der Waals surface area contributed by atoms with Crippen molar-refractivity contribution in [1.82, 2.24) is 0 Å². The van der Waals surface area contributed by atoms with E-state index in [2.05, 4.69) is 31.8 Å². The van der Waals surface area contributed by atoms with E-state index >= 15 is 0 Å². The average molecular weight is 148 g/mol. The van der Waals surface area contributed by atoms with Gasteiger partial charge in [-0.2, -0.15) is 0 Å². The summed E-state index contributed by atoms with van der Waals surface area (Å²) < 4.78 is 0. The Hall–Kier alpha value is -0.120. The van der Waals surface area contributed by atoms with E-state index < -0.39 is 0 Å². The molecule has 0 saturated carbocycles. The first-order valence-corrected chi connectivity index (χ1v) is 4.18. The van der Waals surface area contributed by atoms with Gasteiger partial charge in [0.25, 0.3) is 0 Å². The molecule has 62 valence electrons. The van der Waals surface area contributed by atoms with Crippen LogP contribution < -0.4 is 15.5 Å². The van der Waals surface area contributed by atoms with Gasteiger partial charge in [0.1, 0.15) is 26.2 Å². The van der Waals surface area contributed by atoms with Crippen LogP contribution in [0.4, 0.5) is 0 Å². The van der Waals surface area contributed by atoms with Crippen LogP contribution >= 0.6 is 0 Å². The Kier molecular flexibility index (Phi) is 6.91. The second-order valence-electron chi connectivity index (χ2n) is 2.85. The first-order valence-electron chi connectivity index (χ1n) is 4.18. The molecule has 0 aliphatic heterocycles. The molecule has 0 bridgehead atoms. The molecular weight excluding hydrogens is 126 g/mol.